The molecule has 73 heavy (non-hydrogen) atoms. The molecule has 0 aliphatic carbocycles. The van der Waals surface area contributed by atoms with Gasteiger partial charge < -0.3 is 14.2 Å². The van der Waals surface area contributed by atoms with Crippen LogP contribution < -0.4 is 0 Å². The molecule has 0 aromatic carbocycles. The Hall–Kier alpha value is -3.67. The van der Waals surface area contributed by atoms with E-state index in [9.17, 15) is 14.4 Å². The second kappa shape index (κ2) is 60.9. The van der Waals surface area contributed by atoms with Crippen molar-refractivity contribution in [2.45, 2.75) is 297 Å². The molecule has 0 rings (SSSR count). The highest BCUT2D eigenvalue weighted by atomic mass is 16.6. The molecule has 418 valence electrons. The number of carbonyl (C=O) groups is 3. The van der Waals surface area contributed by atoms with Crippen LogP contribution in [-0.4, -0.2) is 37.2 Å². The molecular formula is C67H114O6. The van der Waals surface area contributed by atoms with Crippen LogP contribution in [0.25, 0.3) is 0 Å². The lowest BCUT2D eigenvalue weighted by Gasteiger charge is -2.18. The molecule has 0 aromatic rings. The predicted octanol–water partition coefficient (Wildman–Crippen LogP) is 20.9. The smallest absolute Gasteiger partial charge is 0.306 e. The zero-order chi connectivity index (χ0) is 52.9. The molecule has 0 spiro atoms. The first-order valence-corrected chi connectivity index (χ1v) is 30.7. The Morgan fingerprint density at radius 2 is 0.548 bits per heavy atom. The molecule has 0 saturated heterocycles. The zero-order valence-corrected chi connectivity index (χ0v) is 47.9. The van der Waals surface area contributed by atoms with Crippen molar-refractivity contribution in [3.05, 3.63) is 97.2 Å². The summed E-state index contributed by atoms with van der Waals surface area (Å²) in [4.78, 5) is 38.2. The van der Waals surface area contributed by atoms with Gasteiger partial charge in [0.1, 0.15) is 13.2 Å². The van der Waals surface area contributed by atoms with E-state index < -0.39 is 6.10 Å². The second-order valence-electron chi connectivity index (χ2n) is 20.2. The van der Waals surface area contributed by atoms with Crippen LogP contribution in [0.3, 0.4) is 0 Å². The Bertz CT molecular complexity index is 1440. The third-order valence-corrected chi connectivity index (χ3v) is 13.1. The van der Waals surface area contributed by atoms with Gasteiger partial charge in [-0.2, -0.15) is 0 Å². The molecule has 0 aromatic heterocycles. The summed E-state index contributed by atoms with van der Waals surface area (Å²) in [5.74, 6) is -0.958. The lowest BCUT2D eigenvalue weighted by atomic mass is 10.0. The fraction of sp³-hybridized carbons (Fsp3) is 0.716. The average molecular weight is 1020 g/mol. The van der Waals surface area contributed by atoms with E-state index in [1.165, 1.54) is 148 Å². The van der Waals surface area contributed by atoms with Crippen molar-refractivity contribution in [2.24, 2.45) is 0 Å². The Morgan fingerprint density at radius 1 is 0.288 bits per heavy atom. The number of allylic oxidation sites excluding steroid dienone is 16. The molecule has 6 nitrogen and oxygen atoms in total. The van der Waals surface area contributed by atoms with Gasteiger partial charge in [0.25, 0.3) is 0 Å². The standard InChI is InChI=1S/C67H114O6/c1-4-7-10-13-16-19-22-25-28-30-31-32-33-34-35-37-39-42-45-48-51-54-57-60-66(69)72-63-64(62-71-65(68)59-56-53-50-47-44-41-38-27-24-21-18-15-12-9-6-3)73-67(70)61-58-55-52-49-46-43-40-36-29-26-23-20-17-14-11-8-5-2/h7,10,16,19,25,27-28,31-32,34-35,38-39,42,48,51,64H,4-6,8-9,11-15,17-18,20-24,26,29-30,33,36-37,40-41,43-47,49-50,52-63H2,1-3H3/b10-7-,19-16-,28-25-,32-31-,35-34-,38-27-,42-39-,51-48-. The van der Waals surface area contributed by atoms with Crippen LogP contribution in [0.1, 0.15) is 290 Å². The van der Waals surface area contributed by atoms with Crippen molar-refractivity contribution in [3.63, 3.8) is 0 Å². The van der Waals surface area contributed by atoms with E-state index in [1.807, 2.05) is 0 Å². The summed E-state index contributed by atoms with van der Waals surface area (Å²) in [6.45, 7) is 6.49. The Morgan fingerprint density at radius 3 is 0.904 bits per heavy atom. The second-order valence-corrected chi connectivity index (χ2v) is 20.2. The quantitative estimate of drug-likeness (QED) is 0.0261. The van der Waals surface area contributed by atoms with Gasteiger partial charge in [-0.3, -0.25) is 14.4 Å². The normalized spacial score (nSPS) is 12.8. The maximum atomic E-state index is 12.9. The fourth-order valence-electron chi connectivity index (χ4n) is 8.49. The Balaban J connectivity index is 4.47. The molecule has 0 aliphatic heterocycles. The van der Waals surface area contributed by atoms with Crippen LogP contribution in [-0.2, 0) is 28.6 Å². The zero-order valence-electron chi connectivity index (χ0n) is 47.9. The maximum absolute atomic E-state index is 12.9. The number of rotatable bonds is 55. The van der Waals surface area contributed by atoms with E-state index in [-0.39, 0.29) is 37.5 Å². The number of carbonyl (C=O) groups excluding carboxylic acids is 3. The maximum Gasteiger partial charge on any atom is 0.306 e. The van der Waals surface area contributed by atoms with Gasteiger partial charge in [0.05, 0.1) is 0 Å². The molecule has 6 heteroatoms. The van der Waals surface area contributed by atoms with Gasteiger partial charge in [0.15, 0.2) is 6.10 Å². The van der Waals surface area contributed by atoms with Crippen molar-refractivity contribution >= 4 is 17.9 Å². The van der Waals surface area contributed by atoms with Crippen molar-refractivity contribution < 1.29 is 28.6 Å². The molecule has 1 unspecified atom stereocenters. The summed E-state index contributed by atoms with van der Waals surface area (Å²) in [6, 6.07) is 0. The van der Waals surface area contributed by atoms with Crippen LogP contribution >= 0.6 is 0 Å². The SMILES string of the molecule is CC/C=C\C/C=C\C/C=C\C/C=C\C/C=C\C/C=C\C/C=C\CCCC(=O)OCC(COC(=O)CCCCCCC/C=C\CCCCCCCC)OC(=O)CCCCCCCCCCCCCCCCCCC. The van der Waals surface area contributed by atoms with E-state index in [2.05, 4.69) is 118 Å². The fourth-order valence-corrected chi connectivity index (χ4v) is 8.49. The summed E-state index contributed by atoms with van der Waals surface area (Å²) in [7, 11) is 0. The topological polar surface area (TPSA) is 78.9 Å². The minimum absolute atomic E-state index is 0.0979. The molecule has 0 aliphatic rings. The van der Waals surface area contributed by atoms with Crippen LogP contribution in [0.15, 0.2) is 97.2 Å². The third kappa shape index (κ3) is 59.1. The highest BCUT2D eigenvalue weighted by molar-refractivity contribution is 5.71. The van der Waals surface area contributed by atoms with Gasteiger partial charge in [-0.1, -0.05) is 272 Å². The highest BCUT2D eigenvalue weighted by Gasteiger charge is 2.19. The molecule has 1 atom stereocenters. The highest BCUT2D eigenvalue weighted by Crippen LogP contribution is 2.16. The van der Waals surface area contributed by atoms with Crippen molar-refractivity contribution in [1.82, 2.24) is 0 Å². The largest absolute Gasteiger partial charge is 0.462 e. The molecule has 0 radical (unpaired) electrons. The monoisotopic (exact) mass is 1010 g/mol. The van der Waals surface area contributed by atoms with Gasteiger partial charge >= 0.3 is 17.9 Å². The summed E-state index contributed by atoms with van der Waals surface area (Å²) in [5, 5.41) is 0. The van der Waals surface area contributed by atoms with E-state index in [0.717, 1.165) is 96.3 Å². The van der Waals surface area contributed by atoms with Crippen LogP contribution in [0, 0.1) is 0 Å². The predicted molar refractivity (Wildman–Crippen MR) is 316 cm³/mol. The first-order valence-electron chi connectivity index (χ1n) is 30.7. The van der Waals surface area contributed by atoms with Crippen molar-refractivity contribution in [1.29, 1.82) is 0 Å². The molecular weight excluding hydrogens is 901 g/mol. The molecule has 0 fully saturated rings. The minimum atomic E-state index is -0.804. The average Bonchev–Trinajstić information content (AvgIpc) is 3.39. The first kappa shape index (κ1) is 69.3. The number of unbranched alkanes of at least 4 members (excludes halogenated alkanes) is 28. The van der Waals surface area contributed by atoms with Gasteiger partial charge in [-0.15, -0.1) is 0 Å². The lowest BCUT2D eigenvalue weighted by molar-refractivity contribution is -0.167. The Labute approximate surface area is 451 Å². The number of esters is 3. The molecule has 0 bridgehead atoms. The summed E-state index contributed by atoms with van der Waals surface area (Å²) in [5.41, 5.74) is 0. The van der Waals surface area contributed by atoms with Crippen LogP contribution in [0.4, 0.5) is 0 Å². The lowest BCUT2D eigenvalue weighted by Crippen LogP contribution is -2.30. The minimum Gasteiger partial charge on any atom is -0.462 e. The van der Waals surface area contributed by atoms with Gasteiger partial charge in [0.2, 0.25) is 0 Å². The Kier molecular flexibility index (Phi) is 57.8. The van der Waals surface area contributed by atoms with Gasteiger partial charge in [-0.25, -0.2) is 0 Å². The first-order chi connectivity index (χ1) is 36.0. The number of hydrogen-bond acceptors (Lipinski definition) is 6. The molecule has 0 amide bonds. The van der Waals surface area contributed by atoms with Crippen molar-refractivity contribution in [3.8, 4) is 0 Å². The van der Waals surface area contributed by atoms with E-state index in [1.54, 1.807) is 0 Å². The molecule has 0 heterocycles. The summed E-state index contributed by atoms with van der Waals surface area (Å²) in [6.07, 6.45) is 81.2. The van der Waals surface area contributed by atoms with E-state index >= 15 is 0 Å². The van der Waals surface area contributed by atoms with Gasteiger partial charge in [0, 0.05) is 19.3 Å². The number of hydrogen-bond donors (Lipinski definition) is 0. The van der Waals surface area contributed by atoms with Gasteiger partial charge in [-0.05, 0) is 96.3 Å². The third-order valence-electron chi connectivity index (χ3n) is 13.1. The molecule has 0 saturated carbocycles. The van der Waals surface area contributed by atoms with E-state index in [0.29, 0.717) is 19.3 Å². The molecule has 0 N–H and O–H groups in total. The van der Waals surface area contributed by atoms with Crippen LogP contribution in [0.5, 0.6) is 0 Å². The number of ether oxygens (including phenoxy) is 3. The van der Waals surface area contributed by atoms with E-state index in [4.69, 9.17) is 14.2 Å². The summed E-state index contributed by atoms with van der Waals surface area (Å²) < 4.78 is 16.9. The summed E-state index contributed by atoms with van der Waals surface area (Å²) >= 11 is 0. The van der Waals surface area contributed by atoms with Crippen LogP contribution in [0.2, 0.25) is 0 Å². The van der Waals surface area contributed by atoms with Crippen molar-refractivity contribution in [2.75, 3.05) is 13.2 Å².